The molecule has 62 valence electrons. The van der Waals surface area contributed by atoms with Crippen LogP contribution >= 0.6 is 0 Å². The van der Waals surface area contributed by atoms with Crippen LogP contribution in [0.25, 0.3) is 0 Å². The molecule has 2 heteroatoms. The first kappa shape index (κ1) is 8.47. The highest BCUT2D eigenvalue weighted by Crippen LogP contribution is 2.52. The molecular weight excluding hydrogens is 138 g/mol. The maximum atomic E-state index is 11.0. The van der Waals surface area contributed by atoms with Gasteiger partial charge in [0.15, 0.2) is 0 Å². The first-order valence-electron chi connectivity index (χ1n) is 3.83. The topological polar surface area (TPSA) is 43.1 Å². The molecule has 0 aromatic rings. The van der Waals surface area contributed by atoms with Gasteiger partial charge in [-0.25, -0.2) is 0 Å². The van der Waals surface area contributed by atoms with Crippen LogP contribution in [0, 0.1) is 11.8 Å². The predicted octanol–water partition coefficient (Wildman–Crippen LogP) is 1.11. The minimum atomic E-state index is -0.322. The van der Waals surface area contributed by atoms with Gasteiger partial charge in [-0.15, -0.1) is 0 Å². The van der Waals surface area contributed by atoms with Crippen LogP contribution in [0.2, 0.25) is 0 Å². The lowest BCUT2D eigenvalue weighted by molar-refractivity contribution is -0.118. The molecule has 1 saturated carbocycles. The van der Waals surface area contributed by atoms with Crippen molar-refractivity contribution in [1.29, 1.82) is 0 Å². The van der Waals surface area contributed by atoms with Crippen molar-refractivity contribution < 1.29 is 4.79 Å². The second-order valence-corrected chi connectivity index (χ2v) is 3.78. The Hall–Kier alpha value is -0.630. The van der Waals surface area contributed by atoms with Crippen molar-refractivity contribution in [3.8, 4) is 0 Å². The SMILES string of the molecule is C=C(C)C1[C@H](C(C)=O)C1(C)N. The Labute approximate surface area is 67.5 Å². The number of hydrogen-bond acceptors (Lipinski definition) is 2. The fourth-order valence-corrected chi connectivity index (χ4v) is 2.02. The maximum absolute atomic E-state index is 11.0. The molecule has 0 saturated heterocycles. The van der Waals surface area contributed by atoms with Crippen LogP contribution in [-0.4, -0.2) is 11.3 Å². The van der Waals surface area contributed by atoms with Crippen molar-refractivity contribution in [3.05, 3.63) is 12.2 Å². The normalized spacial score (nSPS) is 41.8. The fourth-order valence-electron chi connectivity index (χ4n) is 2.02. The summed E-state index contributed by atoms with van der Waals surface area (Å²) in [5.41, 5.74) is 6.58. The Bertz CT molecular complexity index is 196. The Morgan fingerprint density at radius 1 is 1.45 bits per heavy atom. The highest BCUT2D eigenvalue weighted by Gasteiger charge is 2.61. The summed E-state index contributed by atoms with van der Waals surface area (Å²) in [6.07, 6.45) is 0. The average molecular weight is 153 g/mol. The first-order valence-corrected chi connectivity index (χ1v) is 3.83. The maximum Gasteiger partial charge on any atom is 0.135 e. The van der Waals surface area contributed by atoms with Gasteiger partial charge in [-0.1, -0.05) is 12.2 Å². The third kappa shape index (κ3) is 1.11. The molecule has 1 aliphatic rings. The van der Waals surface area contributed by atoms with E-state index in [4.69, 9.17) is 5.73 Å². The molecular formula is C9H15NO. The van der Waals surface area contributed by atoms with E-state index in [1.165, 1.54) is 0 Å². The van der Waals surface area contributed by atoms with Crippen molar-refractivity contribution in [2.45, 2.75) is 26.3 Å². The third-order valence-corrected chi connectivity index (χ3v) is 2.53. The van der Waals surface area contributed by atoms with Gasteiger partial charge in [-0.05, 0) is 20.8 Å². The molecule has 3 atom stereocenters. The van der Waals surface area contributed by atoms with Crippen LogP contribution in [0.15, 0.2) is 12.2 Å². The molecule has 1 aliphatic carbocycles. The molecule has 0 amide bonds. The van der Waals surface area contributed by atoms with Crippen molar-refractivity contribution in [3.63, 3.8) is 0 Å². The molecule has 11 heavy (non-hydrogen) atoms. The monoisotopic (exact) mass is 153 g/mol. The van der Waals surface area contributed by atoms with Crippen LogP contribution in [-0.2, 0) is 4.79 Å². The summed E-state index contributed by atoms with van der Waals surface area (Å²) in [5.74, 6) is 0.406. The van der Waals surface area contributed by atoms with Crippen molar-refractivity contribution in [2.24, 2.45) is 17.6 Å². The van der Waals surface area contributed by atoms with Crippen LogP contribution in [0.5, 0.6) is 0 Å². The summed E-state index contributed by atoms with van der Waals surface area (Å²) in [5, 5.41) is 0. The molecule has 0 aromatic heterocycles. The van der Waals surface area contributed by atoms with E-state index in [1.54, 1.807) is 6.92 Å². The van der Waals surface area contributed by atoms with Gasteiger partial charge in [0.25, 0.3) is 0 Å². The number of Topliss-reactive ketones (excluding diaryl/α,β-unsaturated/α-hetero) is 1. The van der Waals surface area contributed by atoms with Gasteiger partial charge < -0.3 is 5.73 Å². The van der Waals surface area contributed by atoms with Gasteiger partial charge in [0.05, 0.1) is 0 Å². The molecule has 0 bridgehead atoms. The molecule has 0 heterocycles. The Morgan fingerprint density at radius 3 is 2.00 bits per heavy atom. The lowest BCUT2D eigenvalue weighted by Crippen LogP contribution is -2.23. The van der Waals surface area contributed by atoms with Crippen molar-refractivity contribution in [2.75, 3.05) is 0 Å². The third-order valence-electron chi connectivity index (χ3n) is 2.53. The molecule has 2 N–H and O–H groups in total. The van der Waals surface area contributed by atoms with E-state index >= 15 is 0 Å². The van der Waals surface area contributed by atoms with Gasteiger partial charge in [0.2, 0.25) is 0 Å². The smallest absolute Gasteiger partial charge is 0.135 e. The lowest BCUT2D eigenvalue weighted by Gasteiger charge is -2.00. The molecule has 0 radical (unpaired) electrons. The van der Waals surface area contributed by atoms with E-state index in [2.05, 4.69) is 6.58 Å². The van der Waals surface area contributed by atoms with Crippen LogP contribution in [0.3, 0.4) is 0 Å². The number of carbonyl (C=O) groups is 1. The van der Waals surface area contributed by atoms with E-state index in [0.29, 0.717) is 0 Å². The van der Waals surface area contributed by atoms with E-state index in [0.717, 1.165) is 5.57 Å². The minimum absolute atomic E-state index is 0.0139. The standard InChI is InChI=1S/C9H15NO/c1-5(2)7-8(6(3)11)9(7,4)10/h7-8H,1,10H2,2-4H3/t7?,8-,9?/m0/s1. The lowest BCUT2D eigenvalue weighted by atomic mass is 10.1. The Kier molecular flexibility index (Phi) is 1.67. The number of nitrogens with two attached hydrogens (primary N) is 1. The molecule has 0 aliphatic heterocycles. The number of hydrogen-bond donors (Lipinski definition) is 1. The van der Waals surface area contributed by atoms with Crippen LogP contribution in [0.1, 0.15) is 20.8 Å². The molecule has 0 aromatic carbocycles. The largest absolute Gasteiger partial charge is 0.324 e. The van der Waals surface area contributed by atoms with Gasteiger partial charge >= 0.3 is 0 Å². The number of carbonyl (C=O) groups excluding carboxylic acids is 1. The van der Waals surface area contributed by atoms with Crippen LogP contribution < -0.4 is 5.73 Å². The van der Waals surface area contributed by atoms with E-state index in [-0.39, 0.29) is 23.2 Å². The summed E-state index contributed by atoms with van der Waals surface area (Å²) < 4.78 is 0. The summed E-state index contributed by atoms with van der Waals surface area (Å²) in [6.45, 7) is 9.25. The minimum Gasteiger partial charge on any atom is -0.324 e. The van der Waals surface area contributed by atoms with E-state index in [1.807, 2.05) is 13.8 Å². The zero-order chi connectivity index (χ0) is 8.81. The van der Waals surface area contributed by atoms with E-state index < -0.39 is 0 Å². The Morgan fingerprint density at radius 2 is 1.91 bits per heavy atom. The zero-order valence-electron chi connectivity index (χ0n) is 7.35. The summed E-state index contributed by atoms with van der Waals surface area (Å²) >= 11 is 0. The molecule has 1 rings (SSSR count). The highest BCUT2D eigenvalue weighted by molar-refractivity contribution is 5.84. The molecule has 2 nitrogen and oxygen atoms in total. The van der Waals surface area contributed by atoms with Gasteiger partial charge in [-0.2, -0.15) is 0 Å². The predicted molar refractivity (Wildman–Crippen MR) is 45.1 cm³/mol. The van der Waals surface area contributed by atoms with Gasteiger partial charge in [0, 0.05) is 17.4 Å². The average Bonchev–Trinajstić information content (AvgIpc) is 2.33. The number of ketones is 1. The molecule has 0 spiro atoms. The summed E-state index contributed by atoms with van der Waals surface area (Å²) in [7, 11) is 0. The number of rotatable bonds is 2. The van der Waals surface area contributed by atoms with Crippen LogP contribution in [0.4, 0.5) is 0 Å². The molecule has 2 unspecified atom stereocenters. The van der Waals surface area contributed by atoms with Gasteiger partial charge in [0.1, 0.15) is 5.78 Å². The second-order valence-electron chi connectivity index (χ2n) is 3.78. The van der Waals surface area contributed by atoms with Crippen molar-refractivity contribution in [1.82, 2.24) is 0 Å². The summed E-state index contributed by atoms with van der Waals surface area (Å²) in [4.78, 5) is 11.0. The fraction of sp³-hybridized carbons (Fsp3) is 0.667. The second kappa shape index (κ2) is 2.18. The molecule has 1 fully saturated rings. The van der Waals surface area contributed by atoms with Crippen molar-refractivity contribution >= 4 is 5.78 Å². The quantitative estimate of drug-likeness (QED) is 0.604. The first-order chi connectivity index (χ1) is 4.89. The highest BCUT2D eigenvalue weighted by atomic mass is 16.1. The summed E-state index contributed by atoms with van der Waals surface area (Å²) in [6, 6.07) is 0. The van der Waals surface area contributed by atoms with E-state index in [9.17, 15) is 4.79 Å². The zero-order valence-corrected chi connectivity index (χ0v) is 7.35. The van der Waals surface area contributed by atoms with Gasteiger partial charge in [-0.3, -0.25) is 4.79 Å². The Balaban J connectivity index is 2.76.